The summed E-state index contributed by atoms with van der Waals surface area (Å²) in [5, 5.41) is 9.26. The molecule has 0 saturated carbocycles. The molecule has 0 aliphatic carbocycles. The van der Waals surface area contributed by atoms with Crippen LogP contribution in [0.5, 0.6) is 5.75 Å². The van der Waals surface area contributed by atoms with E-state index in [-0.39, 0.29) is 0 Å². The van der Waals surface area contributed by atoms with Gasteiger partial charge in [-0.15, -0.1) is 0 Å². The van der Waals surface area contributed by atoms with Crippen molar-refractivity contribution in [2.24, 2.45) is 0 Å². The maximum absolute atomic E-state index is 9.26. The molecule has 0 radical (unpaired) electrons. The fourth-order valence-corrected chi connectivity index (χ4v) is 0.944. The number of halogens is 1. The van der Waals surface area contributed by atoms with E-state index in [1.807, 2.05) is 12.1 Å². The standard InChI is InChI=1S/C9H9ClO/c10-7-3-5-8-4-1-2-6-9(8)11/h1-4,6-7,11H,5H2/b7-3+. The van der Waals surface area contributed by atoms with Gasteiger partial charge in [-0.2, -0.15) is 0 Å². The molecular formula is C9H9ClO. The highest BCUT2D eigenvalue weighted by Crippen LogP contribution is 2.16. The summed E-state index contributed by atoms with van der Waals surface area (Å²) in [7, 11) is 0. The van der Waals surface area contributed by atoms with Crippen LogP contribution < -0.4 is 0 Å². The Morgan fingerprint density at radius 2 is 2.09 bits per heavy atom. The molecule has 2 heteroatoms. The van der Waals surface area contributed by atoms with Crippen LogP contribution in [0.1, 0.15) is 5.56 Å². The molecule has 0 amide bonds. The SMILES string of the molecule is Oc1ccccc1C/C=C/Cl. The van der Waals surface area contributed by atoms with Crippen molar-refractivity contribution in [2.45, 2.75) is 6.42 Å². The van der Waals surface area contributed by atoms with Crippen LogP contribution in [0.3, 0.4) is 0 Å². The predicted molar refractivity (Wildman–Crippen MR) is 46.8 cm³/mol. The molecule has 1 nitrogen and oxygen atoms in total. The van der Waals surface area contributed by atoms with E-state index < -0.39 is 0 Å². The summed E-state index contributed by atoms with van der Waals surface area (Å²) in [6.07, 6.45) is 2.47. The van der Waals surface area contributed by atoms with Gasteiger partial charge in [0.25, 0.3) is 0 Å². The normalized spacial score (nSPS) is 10.6. The second kappa shape index (κ2) is 4.04. The molecule has 0 saturated heterocycles. The zero-order valence-electron chi connectivity index (χ0n) is 6.00. The summed E-state index contributed by atoms with van der Waals surface area (Å²) in [5.41, 5.74) is 2.34. The lowest BCUT2D eigenvalue weighted by atomic mass is 10.1. The van der Waals surface area contributed by atoms with Crippen LogP contribution in [-0.2, 0) is 6.42 Å². The van der Waals surface area contributed by atoms with Crippen LogP contribution in [0.25, 0.3) is 0 Å². The number of hydrogen-bond donors (Lipinski definition) is 1. The first-order valence-corrected chi connectivity index (χ1v) is 3.80. The van der Waals surface area contributed by atoms with E-state index in [0.29, 0.717) is 12.2 Å². The molecule has 0 aliphatic heterocycles. The van der Waals surface area contributed by atoms with Crippen molar-refractivity contribution >= 4 is 11.6 Å². The van der Waals surface area contributed by atoms with E-state index >= 15 is 0 Å². The Kier molecular flexibility index (Phi) is 2.99. The molecule has 11 heavy (non-hydrogen) atoms. The first-order valence-electron chi connectivity index (χ1n) is 3.36. The Morgan fingerprint density at radius 1 is 1.36 bits per heavy atom. The maximum Gasteiger partial charge on any atom is 0.119 e. The minimum atomic E-state index is 0.322. The van der Waals surface area contributed by atoms with Crippen molar-refractivity contribution in [3.05, 3.63) is 41.4 Å². The lowest BCUT2D eigenvalue weighted by molar-refractivity contribution is 0.470. The number of phenolic OH excluding ortho intramolecular Hbond substituents is 1. The van der Waals surface area contributed by atoms with Gasteiger partial charge in [0.05, 0.1) is 0 Å². The van der Waals surface area contributed by atoms with Crippen LogP contribution in [0.2, 0.25) is 0 Å². The van der Waals surface area contributed by atoms with Crippen molar-refractivity contribution in [2.75, 3.05) is 0 Å². The zero-order valence-corrected chi connectivity index (χ0v) is 6.75. The molecule has 0 atom stereocenters. The minimum Gasteiger partial charge on any atom is -0.508 e. The number of hydrogen-bond acceptors (Lipinski definition) is 1. The van der Waals surface area contributed by atoms with Crippen molar-refractivity contribution in [3.8, 4) is 5.75 Å². The first-order chi connectivity index (χ1) is 5.34. The summed E-state index contributed by atoms with van der Waals surface area (Å²) in [6.45, 7) is 0. The molecule has 0 bridgehead atoms. The molecule has 1 aromatic rings. The monoisotopic (exact) mass is 168 g/mol. The summed E-state index contributed by atoms with van der Waals surface area (Å²) in [6, 6.07) is 7.21. The van der Waals surface area contributed by atoms with Gasteiger partial charge in [0.15, 0.2) is 0 Å². The van der Waals surface area contributed by atoms with E-state index in [4.69, 9.17) is 11.6 Å². The van der Waals surface area contributed by atoms with Gasteiger partial charge in [-0.3, -0.25) is 0 Å². The largest absolute Gasteiger partial charge is 0.508 e. The maximum atomic E-state index is 9.26. The average molecular weight is 169 g/mol. The van der Waals surface area contributed by atoms with Crippen molar-refractivity contribution in [3.63, 3.8) is 0 Å². The van der Waals surface area contributed by atoms with E-state index in [9.17, 15) is 5.11 Å². The smallest absolute Gasteiger partial charge is 0.119 e. The van der Waals surface area contributed by atoms with Crippen LogP contribution in [0.4, 0.5) is 0 Å². The van der Waals surface area contributed by atoms with E-state index in [2.05, 4.69) is 0 Å². The highest BCUT2D eigenvalue weighted by atomic mass is 35.5. The van der Waals surface area contributed by atoms with Crippen molar-refractivity contribution in [1.82, 2.24) is 0 Å². The van der Waals surface area contributed by atoms with Crippen LogP contribution in [0, 0.1) is 0 Å². The molecule has 1 aromatic carbocycles. The van der Waals surface area contributed by atoms with Crippen molar-refractivity contribution < 1.29 is 5.11 Å². The molecule has 0 aliphatic rings. The molecule has 0 aromatic heterocycles. The van der Waals surface area contributed by atoms with Crippen LogP contribution in [-0.4, -0.2) is 5.11 Å². The first kappa shape index (κ1) is 8.15. The zero-order chi connectivity index (χ0) is 8.10. The third kappa shape index (κ3) is 2.28. The van der Waals surface area contributed by atoms with Crippen LogP contribution >= 0.6 is 11.6 Å². The second-order valence-electron chi connectivity index (χ2n) is 2.19. The number of allylic oxidation sites excluding steroid dienone is 1. The number of para-hydroxylation sites is 1. The average Bonchev–Trinajstić information content (AvgIpc) is 2.03. The highest BCUT2D eigenvalue weighted by Gasteiger charge is 1.94. The molecule has 0 spiro atoms. The highest BCUT2D eigenvalue weighted by molar-refractivity contribution is 6.25. The van der Waals surface area contributed by atoms with Crippen molar-refractivity contribution in [1.29, 1.82) is 0 Å². The summed E-state index contributed by atoms with van der Waals surface area (Å²) < 4.78 is 0. The Balaban J connectivity index is 2.77. The van der Waals surface area contributed by atoms with Gasteiger partial charge in [0.2, 0.25) is 0 Å². The lowest BCUT2D eigenvalue weighted by Crippen LogP contribution is -1.79. The fourth-order valence-electron chi connectivity index (χ4n) is 0.855. The molecule has 0 unspecified atom stereocenters. The number of rotatable bonds is 2. The van der Waals surface area contributed by atoms with Gasteiger partial charge in [-0.05, 0) is 18.1 Å². The summed E-state index contributed by atoms with van der Waals surface area (Å²) in [5.74, 6) is 0.322. The molecule has 0 fully saturated rings. The van der Waals surface area contributed by atoms with Gasteiger partial charge >= 0.3 is 0 Å². The van der Waals surface area contributed by atoms with Gasteiger partial charge in [0.1, 0.15) is 5.75 Å². The second-order valence-corrected chi connectivity index (χ2v) is 2.45. The Hall–Kier alpha value is -0.950. The molecule has 58 valence electrons. The van der Waals surface area contributed by atoms with Gasteiger partial charge in [-0.25, -0.2) is 0 Å². The van der Waals surface area contributed by atoms with Crippen LogP contribution in [0.15, 0.2) is 35.9 Å². The topological polar surface area (TPSA) is 20.2 Å². The third-order valence-corrected chi connectivity index (χ3v) is 1.60. The Labute approximate surface area is 70.9 Å². The number of phenols is 1. The van der Waals surface area contributed by atoms with E-state index in [0.717, 1.165) is 5.56 Å². The van der Waals surface area contributed by atoms with Gasteiger partial charge in [-0.1, -0.05) is 35.9 Å². The molecule has 0 heterocycles. The lowest BCUT2D eigenvalue weighted by Gasteiger charge is -1.98. The molecule has 1 rings (SSSR count). The quantitative estimate of drug-likeness (QED) is 0.720. The molecular weight excluding hydrogens is 160 g/mol. The third-order valence-electron chi connectivity index (χ3n) is 1.42. The Bertz CT molecular complexity index is 255. The van der Waals surface area contributed by atoms with E-state index in [1.54, 1.807) is 18.2 Å². The molecule has 1 N–H and O–H groups in total. The van der Waals surface area contributed by atoms with Gasteiger partial charge in [0, 0.05) is 5.54 Å². The Morgan fingerprint density at radius 3 is 2.73 bits per heavy atom. The number of aromatic hydroxyl groups is 1. The minimum absolute atomic E-state index is 0.322. The van der Waals surface area contributed by atoms with Gasteiger partial charge < -0.3 is 5.11 Å². The summed E-state index contributed by atoms with van der Waals surface area (Å²) >= 11 is 5.34. The fraction of sp³-hybridized carbons (Fsp3) is 0.111. The van der Waals surface area contributed by atoms with E-state index in [1.165, 1.54) is 5.54 Å². The summed E-state index contributed by atoms with van der Waals surface area (Å²) in [4.78, 5) is 0. The predicted octanol–water partition coefficient (Wildman–Crippen LogP) is 2.69. The number of benzene rings is 1.